The molecule has 0 saturated carbocycles. The van der Waals surface area contributed by atoms with E-state index in [-0.39, 0.29) is 0 Å². The fourth-order valence-corrected chi connectivity index (χ4v) is 3.98. The van der Waals surface area contributed by atoms with Crippen LogP contribution in [0, 0.1) is 0 Å². The van der Waals surface area contributed by atoms with E-state index in [1.54, 1.807) is 11.3 Å². The van der Waals surface area contributed by atoms with Gasteiger partial charge >= 0.3 is 0 Å². The van der Waals surface area contributed by atoms with Gasteiger partial charge in [0.05, 0.1) is 10.2 Å². The van der Waals surface area contributed by atoms with E-state index in [4.69, 9.17) is 0 Å². The predicted molar refractivity (Wildman–Crippen MR) is 73.6 cm³/mol. The van der Waals surface area contributed by atoms with Crippen molar-refractivity contribution in [1.82, 2.24) is 4.98 Å². The Morgan fingerprint density at radius 2 is 2.25 bits per heavy atom. The molecular formula is C12H14N2S2. The third-order valence-corrected chi connectivity index (χ3v) is 4.96. The summed E-state index contributed by atoms with van der Waals surface area (Å²) < 4.78 is 1.27. The first kappa shape index (κ1) is 10.4. The van der Waals surface area contributed by atoms with E-state index >= 15 is 0 Å². The highest BCUT2D eigenvalue weighted by Crippen LogP contribution is 2.28. The zero-order valence-corrected chi connectivity index (χ0v) is 10.6. The summed E-state index contributed by atoms with van der Waals surface area (Å²) in [5, 5.41) is 4.63. The van der Waals surface area contributed by atoms with Crippen LogP contribution in [0.15, 0.2) is 24.3 Å². The topological polar surface area (TPSA) is 24.9 Å². The highest BCUT2D eigenvalue weighted by molar-refractivity contribution is 7.99. The molecule has 4 heteroatoms. The number of hydrogen-bond donors (Lipinski definition) is 1. The van der Waals surface area contributed by atoms with Gasteiger partial charge in [-0.1, -0.05) is 23.5 Å². The van der Waals surface area contributed by atoms with Gasteiger partial charge < -0.3 is 5.32 Å². The number of benzene rings is 1. The van der Waals surface area contributed by atoms with Crippen molar-refractivity contribution in [1.29, 1.82) is 0 Å². The number of nitrogens with one attached hydrogen (secondary N) is 1. The predicted octanol–water partition coefficient (Wildman–Crippen LogP) is 3.60. The molecule has 1 aromatic heterocycles. The average Bonchev–Trinajstić information content (AvgIpc) is 2.72. The summed E-state index contributed by atoms with van der Waals surface area (Å²) in [7, 11) is 0. The monoisotopic (exact) mass is 250 g/mol. The van der Waals surface area contributed by atoms with Crippen molar-refractivity contribution in [3.8, 4) is 0 Å². The van der Waals surface area contributed by atoms with Gasteiger partial charge in [-0.3, -0.25) is 0 Å². The number of para-hydroxylation sites is 1. The first-order valence-electron chi connectivity index (χ1n) is 5.62. The lowest BCUT2D eigenvalue weighted by Gasteiger charge is -2.21. The minimum absolute atomic E-state index is 0.610. The molecule has 1 N–H and O–H groups in total. The van der Waals surface area contributed by atoms with Crippen molar-refractivity contribution in [3.63, 3.8) is 0 Å². The molecule has 0 spiro atoms. The largest absolute Gasteiger partial charge is 0.358 e. The highest BCUT2D eigenvalue weighted by Gasteiger charge is 2.14. The molecule has 2 heterocycles. The summed E-state index contributed by atoms with van der Waals surface area (Å²) in [6.45, 7) is 0. The fraction of sp³-hybridized carbons (Fsp3) is 0.417. The maximum absolute atomic E-state index is 4.60. The number of aromatic nitrogens is 1. The average molecular weight is 250 g/mol. The normalized spacial score (nSPS) is 21.1. The van der Waals surface area contributed by atoms with Crippen LogP contribution in [0.2, 0.25) is 0 Å². The van der Waals surface area contributed by atoms with Gasteiger partial charge in [0.2, 0.25) is 0 Å². The van der Waals surface area contributed by atoms with Gasteiger partial charge in [0.25, 0.3) is 0 Å². The smallest absolute Gasteiger partial charge is 0.184 e. The van der Waals surface area contributed by atoms with Gasteiger partial charge in [-0.15, -0.1) is 0 Å². The molecule has 1 saturated heterocycles. The van der Waals surface area contributed by atoms with Crippen molar-refractivity contribution >= 4 is 38.4 Å². The maximum Gasteiger partial charge on any atom is 0.184 e. The van der Waals surface area contributed by atoms with Crippen molar-refractivity contribution in [3.05, 3.63) is 24.3 Å². The second kappa shape index (κ2) is 4.63. The molecular weight excluding hydrogens is 236 g/mol. The Labute approximate surface area is 103 Å². The van der Waals surface area contributed by atoms with E-state index in [9.17, 15) is 0 Å². The fourth-order valence-electron chi connectivity index (χ4n) is 1.96. The van der Waals surface area contributed by atoms with E-state index in [1.807, 2.05) is 17.8 Å². The molecule has 0 bridgehead atoms. The number of nitrogens with zero attached hydrogens (tertiary/aromatic N) is 1. The van der Waals surface area contributed by atoms with Crippen LogP contribution in [0.4, 0.5) is 5.13 Å². The van der Waals surface area contributed by atoms with Crippen molar-refractivity contribution in [2.24, 2.45) is 0 Å². The zero-order valence-electron chi connectivity index (χ0n) is 8.98. The van der Waals surface area contributed by atoms with Crippen molar-refractivity contribution in [2.75, 3.05) is 16.8 Å². The number of thioether (sulfide) groups is 1. The van der Waals surface area contributed by atoms with Crippen LogP contribution in [0.3, 0.4) is 0 Å². The maximum atomic E-state index is 4.60. The first-order chi connectivity index (χ1) is 7.92. The number of hydrogen-bond acceptors (Lipinski definition) is 4. The van der Waals surface area contributed by atoms with Crippen LogP contribution in [0.1, 0.15) is 12.8 Å². The molecule has 1 fully saturated rings. The number of anilines is 1. The zero-order chi connectivity index (χ0) is 10.8. The third-order valence-electron chi connectivity index (χ3n) is 2.78. The summed E-state index contributed by atoms with van der Waals surface area (Å²) in [4.78, 5) is 4.60. The molecule has 1 aliphatic rings. The molecule has 1 aromatic carbocycles. The second-order valence-corrected chi connectivity index (χ2v) is 6.23. The van der Waals surface area contributed by atoms with E-state index in [0.29, 0.717) is 6.04 Å². The Hall–Kier alpha value is -0.740. The van der Waals surface area contributed by atoms with Crippen LogP contribution in [-0.4, -0.2) is 22.5 Å². The number of rotatable bonds is 2. The third kappa shape index (κ3) is 2.18. The Kier molecular flexibility index (Phi) is 3.02. The Morgan fingerprint density at radius 3 is 3.06 bits per heavy atom. The molecule has 1 atom stereocenters. The van der Waals surface area contributed by atoms with Gasteiger partial charge in [0.1, 0.15) is 0 Å². The molecule has 3 rings (SSSR count). The molecule has 2 nitrogen and oxygen atoms in total. The Bertz CT molecular complexity index is 442. The van der Waals surface area contributed by atoms with Gasteiger partial charge in [-0.05, 0) is 30.7 Å². The minimum Gasteiger partial charge on any atom is -0.358 e. The van der Waals surface area contributed by atoms with E-state index < -0.39 is 0 Å². The van der Waals surface area contributed by atoms with Gasteiger partial charge in [-0.2, -0.15) is 11.8 Å². The molecule has 84 valence electrons. The molecule has 0 radical (unpaired) electrons. The SMILES string of the molecule is c1ccc2sc(NC3CCCSC3)nc2c1. The minimum atomic E-state index is 0.610. The summed E-state index contributed by atoms with van der Waals surface area (Å²) in [6.07, 6.45) is 2.61. The summed E-state index contributed by atoms with van der Waals surface area (Å²) in [5.41, 5.74) is 1.11. The van der Waals surface area contributed by atoms with Crippen molar-refractivity contribution in [2.45, 2.75) is 18.9 Å². The lowest BCUT2D eigenvalue weighted by atomic mass is 10.2. The van der Waals surface area contributed by atoms with Gasteiger partial charge in [-0.25, -0.2) is 4.98 Å². The first-order valence-corrected chi connectivity index (χ1v) is 7.59. The molecule has 1 unspecified atom stereocenters. The molecule has 0 amide bonds. The molecule has 2 aromatic rings. The van der Waals surface area contributed by atoms with E-state index in [2.05, 4.69) is 28.5 Å². The number of fused-ring (bicyclic) bond motifs is 1. The Balaban J connectivity index is 1.78. The van der Waals surface area contributed by atoms with Gasteiger partial charge in [0, 0.05) is 11.8 Å². The van der Waals surface area contributed by atoms with Crippen LogP contribution in [0.25, 0.3) is 10.2 Å². The highest BCUT2D eigenvalue weighted by atomic mass is 32.2. The quantitative estimate of drug-likeness (QED) is 0.881. The van der Waals surface area contributed by atoms with Gasteiger partial charge in [0.15, 0.2) is 5.13 Å². The molecule has 0 aliphatic carbocycles. The standard InChI is InChI=1S/C12H14N2S2/c1-2-6-11-10(5-1)14-12(16-11)13-9-4-3-7-15-8-9/h1-2,5-6,9H,3-4,7-8H2,(H,13,14). The van der Waals surface area contributed by atoms with Crippen molar-refractivity contribution < 1.29 is 0 Å². The van der Waals surface area contributed by atoms with Crippen LogP contribution < -0.4 is 5.32 Å². The number of thiazole rings is 1. The molecule has 1 aliphatic heterocycles. The summed E-state index contributed by atoms with van der Waals surface area (Å²) in [5.74, 6) is 2.54. The Morgan fingerprint density at radius 1 is 1.31 bits per heavy atom. The lowest BCUT2D eigenvalue weighted by molar-refractivity contribution is 0.685. The lowest BCUT2D eigenvalue weighted by Crippen LogP contribution is -2.25. The summed E-state index contributed by atoms with van der Waals surface area (Å²) in [6, 6.07) is 8.93. The van der Waals surface area contributed by atoms with Crippen LogP contribution >= 0.6 is 23.1 Å². The van der Waals surface area contributed by atoms with E-state index in [1.165, 1.54) is 29.0 Å². The van der Waals surface area contributed by atoms with Crippen LogP contribution in [-0.2, 0) is 0 Å². The summed E-state index contributed by atoms with van der Waals surface area (Å²) >= 11 is 3.80. The molecule has 16 heavy (non-hydrogen) atoms. The second-order valence-electron chi connectivity index (χ2n) is 4.05. The van der Waals surface area contributed by atoms with Crippen LogP contribution in [0.5, 0.6) is 0 Å². The van der Waals surface area contributed by atoms with E-state index in [0.717, 1.165) is 10.6 Å².